The van der Waals surface area contributed by atoms with Crippen molar-refractivity contribution in [3.05, 3.63) is 80.5 Å². The van der Waals surface area contributed by atoms with E-state index in [1.54, 1.807) is 11.3 Å². The van der Waals surface area contributed by atoms with E-state index in [1.807, 2.05) is 47.2 Å². The normalized spacial score (nSPS) is 11.3. The van der Waals surface area contributed by atoms with E-state index in [0.29, 0.717) is 17.8 Å². The molecule has 0 fully saturated rings. The van der Waals surface area contributed by atoms with Gasteiger partial charge in [0.2, 0.25) is 5.82 Å². The maximum absolute atomic E-state index is 13.6. The van der Waals surface area contributed by atoms with E-state index >= 15 is 0 Å². The lowest BCUT2D eigenvalue weighted by atomic mass is 9.98. The Kier molecular flexibility index (Phi) is 5.83. The third-order valence-corrected chi connectivity index (χ3v) is 6.57. The van der Waals surface area contributed by atoms with E-state index in [-0.39, 0.29) is 5.56 Å². The average Bonchev–Trinajstić information content (AvgIpc) is 3.52. The lowest BCUT2D eigenvalue weighted by Crippen LogP contribution is -2.26. The van der Waals surface area contributed by atoms with Crippen molar-refractivity contribution in [3.63, 3.8) is 0 Å². The number of aromatic nitrogens is 6. The predicted molar refractivity (Wildman–Crippen MR) is 131 cm³/mol. The first-order valence-electron chi connectivity index (χ1n) is 11.0. The van der Waals surface area contributed by atoms with Crippen molar-refractivity contribution >= 4 is 22.2 Å². The Hall–Kier alpha value is -3.65. The smallest absolute Gasteiger partial charge is 0.261 e. The monoisotopic (exact) mass is 456 g/mol. The molecule has 3 aromatic heterocycles. The summed E-state index contributed by atoms with van der Waals surface area (Å²) in [5, 5.41) is 19.3. The standard InChI is InChI=1S/C25H24N6OS/c1-3-4-9-23-26-22-11-10-16(2)12-19(22)25(32)31(23)13-17-7-5-6-8-18(17)20-14-33-15-21(20)24-27-29-30-28-24/h5-8,10-12,14-15H,3-4,9,13H2,1-2H3,(H,27,28,29,30). The zero-order chi connectivity index (χ0) is 22.8. The molecule has 0 saturated carbocycles. The summed E-state index contributed by atoms with van der Waals surface area (Å²) in [6, 6.07) is 14.1. The van der Waals surface area contributed by atoms with Crippen LogP contribution in [0.4, 0.5) is 0 Å². The van der Waals surface area contributed by atoms with Crippen molar-refractivity contribution in [2.45, 2.75) is 39.7 Å². The van der Waals surface area contributed by atoms with E-state index in [9.17, 15) is 4.79 Å². The van der Waals surface area contributed by atoms with Gasteiger partial charge in [0.05, 0.1) is 17.4 Å². The van der Waals surface area contributed by atoms with Crippen molar-refractivity contribution in [1.29, 1.82) is 0 Å². The summed E-state index contributed by atoms with van der Waals surface area (Å²) >= 11 is 1.59. The van der Waals surface area contributed by atoms with Crippen molar-refractivity contribution in [1.82, 2.24) is 30.2 Å². The van der Waals surface area contributed by atoms with Crippen molar-refractivity contribution < 1.29 is 0 Å². The average molecular weight is 457 g/mol. The minimum absolute atomic E-state index is 0.00770. The van der Waals surface area contributed by atoms with E-state index in [4.69, 9.17) is 4.98 Å². The Morgan fingerprint density at radius 3 is 2.73 bits per heavy atom. The zero-order valence-electron chi connectivity index (χ0n) is 18.6. The molecule has 0 amide bonds. The summed E-state index contributed by atoms with van der Waals surface area (Å²) < 4.78 is 1.84. The lowest BCUT2D eigenvalue weighted by Gasteiger charge is -2.16. The van der Waals surface area contributed by atoms with Gasteiger partial charge in [-0.25, -0.2) is 4.98 Å². The number of hydrogen-bond acceptors (Lipinski definition) is 6. The van der Waals surface area contributed by atoms with Crippen LogP contribution in [0.1, 0.15) is 36.7 Å². The highest BCUT2D eigenvalue weighted by atomic mass is 32.1. The van der Waals surface area contributed by atoms with Gasteiger partial charge in [-0.05, 0) is 47.2 Å². The highest BCUT2D eigenvalue weighted by Crippen LogP contribution is 2.35. The fourth-order valence-corrected chi connectivity index (χ4v) is 4.94. The Morgan fingerprint density at radius 1 is 1.06 bits per heavy atom. The molecule has 33 heavy (non-hydrogen) atoms. The molecular weight excluding hydrogens is 432 g/mol. The molecule has 0 saturated heterocycles. The molecule has 7 nitrogen and oxygen atoms in total. The maximum Gasteiger partial charge on any atom is 0.261 e. The molecule has 0 unspecified atom stereocenters. The number of nitrogens with one attached hydrogen (secondary N) is 1. The quantitative estimate of drug-likeness (QED) is 0.372. The molecule has 8 heteroatoms. The molecule has 0 atom stereocenters. The molecule has 5 rings (SSSR count). The number of nitrogens with zero attached hydrogens (tertiary/aromatic N) is 5. The Balaban J connectivity index is 1.64. The van der Waals surface area contributed by atoms with Crippen LogP contribution in [0.5, 0.6) is 0 Å². The van der Waals surface area contributed by atoms with Crippen LogP contribution in [0.15, 0.2) is 58.0 Å². The molecule has 3 heterocycles. The zero-order valence-corrected chi connectivity index (χ0v) is 19.4. The molecule has 166 valence electrons. The van der Waals surface area contributed by atoms with Crippen molar-refractivity contribution in [3.8, 4) is 22.5 Å². The minimum atomic E-state index is 0.00770. The van der Waals surface area contributed by atoms with Crippen LogP contribution in [0.3, 0.4) is 0 Å². The number of rotatable bonds is 7. The third-order valence-electron chi connectivity index (χ3n) is 5.83. The van der Waals surface area contributed by atoms with Crippen LogP contribution in [0, 0.1) is 6.92 Å². The van der Waals surface area contributed by atoms with Crippen LogP contribution < -0.4 is 5.56 Å². The topological polar surface area (TPSA) is 89.4 Å². The molecule has 1 N–H and O–H groups in total. The van der Waals surface area contributed by atoms with Gasteiger partial charge in [0.25, 0.3) is 5.56 Å². The summed E-state index contributed by atoms with van der Waals surface area (Å²) in [4.78, 5) is 18.5. The number of benzene rings is 2. The molecule has 0 spiro atoms. The van der Waals surface area contributed by atoms with Crippen LogP contribution in [-0.2, 0) is 13.0 Å². The first-order valence-corrected chi connectivity index (χ1v) is 12.0. The number of tetrazole rings is 1. The van der Waals surface area contributed by atoms with Gasteiger partial charge in [-0.3, -0.25) is 9.36 Å². The molecular formula is C25H24N6OS. The summed E-state index contributed by atoms with van der Waals surface area (Å²) in [5.74, 6) is 1.39. The Bertz CT molecular complexity index is 1470. The second-order valence-corrected chi connectivity index (χ2v) is 8.88. The molecule has 0 aliphatic rings. The molecule has 0 aliphatic heterocycles. The van der Waals surface area contributed by atoms with E-state index in [2.05, 4.69) is 45.1 Å². The van der Waals surface area contributed by atoms with E-state index < -0.39 is 0 Å². The fraction of sp³-hybridized carbons (Fsp3) is 0.240. The maximum atomic E-state index is 13.6. The highest BCUT2D eigenvalue weighted by Gasteiger charge is 2.17. The number of aryl methyl sites for hydroxylation is 2. The molecule has 0 aliphatic carbocycles. The minimum Gasteiger partial charge on any atom is -0.292 e. The van der Waals surface area contributed by atoms with Crippen LogP contribution in [0.25, 0.3) is 33.4 Å². The number of H-pyrrole nitrogens is 1. The van der Waals surface area contributed by atoms with Gasteiger partial charge >= 0.3 is 0 Å². The summed E-state index contributed by atoms with van der Waals surface area (Å²) in [7, 11) is 0. The number of hydrogen-bond donors (Lipinski definition) is 1. The van der Waals surface area contributed by atoms with Crippen LogP contribution >= 0.6 is 11.3 Å². The van der Waals surface area contributed by atoms with Gasteiger partial charge in [0.1, 0.15) is 5.82 Å². The van der Waals surface area contributed by atoms with Crippen LogP contribution in [-0.4, -0.2) is 30.2 Å². The predicted octanol–water partition coefficient (Wildman–Crippen LogP) is 5.00. The Labute approximate surface area is 195 Å². The fourth-order valence-electron chi connectivity index (χ4n) is 4.12. The van der Waals surface area contributed by atoms with Gasteiger partial charge < -0.3 is 0 Å². The number of fused-ring (bicyclic) bond motifs is 1. The SMILES string of the molecule is CCCCc1nc2ccc(C)cc2c(=O)n1Cc1ccccc1-c1cscc1-c1nn[nH]n1. The van der Waals surface area contributed by atoms with Crippen LogP contribution in [0.2, 0.25) is 0 Å². The van der Waals surface area contributed by atoms with Gasteiger partial charge in [-0.1, -0.05) is 49.2 Å². The molecule has 5 aromatic rings. The largest absolute Gasteiger partial charge is 0.292 e. The van der Waals surface area contributed by atoms with Crippen molar-refractivity contribution in [2.75, 3.05) is 0 Å². The van der Waals surface area contributed by atoms with Crippen molar-refractivity contribution in [2.24, 2.45) is 0 Å². The number of thiophene rings is 1. The number of unbranched alkanes of at least 4 members (excludes halogenated alkanes) is 1. The first-order chi connectivity index (χ1) is 16.2. The summed E-state index contributed by atoms with van der Waals surface area (Å²) in [6.45, 7) is 4.60. The summed E-state index contributed by atoms with van der Waals surface area (Å²) in [6.07, 6.45) is 2.80. The highest BCUT2D eigenvalue weighted by molar-refractivity contribution is 7.08. The lowest BCUT2D eigenvalue weighted by molar-refractivity contribution is 0.646. The molecule has 2 aromatic carbocycles. The second-order valence-electron chi connectivity index (χ2n) is 8.14. The first kappa shape index (κ1) is 21.2. The second kappa shape index (κ2) is 9.07. The third kappa shape index (κ3) is 4.09. The van der Waals surface area contributed by atoms with Gasteiger partial charge in [-0.15, -0.1) is 10.2 Å². The van der Waals surface area contributed by atoms with E-state index in [0.717, 1.165) is 58.4 Å². The van der Waals surface area contributed by atoms with E-state index in [1.165, 1.54) is 0 Å². The Morgan fingerprint density at radius 2 is 1.91 bits per heavy atom. The van der Waals surface area contributed by atoms with Gasteiger partial charge in [-0.2, -0.15) is 16.6 Å². The van der Waals surface area contributed by atoms with Gasteiger partial charge in [0.15, 0.2) is 0 Å². The number of aromatic amines is 1. The van der Waals surface area contributed by atoms with Gasteiger partial charge in [0, 0.05) is 22.9 Å². The molecule has 0 bridgehead atoms. The molecule has 0 radical (unpaired) electrons. The summed E-state index contributed by atoms with van der Waals surface area (Å²) in [5.41, 5.74) is 5.88.